The summed E-state index contributed by atoms with van der Waals surface area (Å²) in [5.74, 6) is -0.0764. The number of hydrogen-bond acceptors (Lipinski definition) is 2. The zero-order chi connectivity index (χ0) is 10.0. The number of nitrogens with zero attached hydrogens (tertiary/aromatic N) is 1. The van der Waals surface area contributed by atoms with E-state index in [1.807, 2.05) is 0 Å². The van der Waals surface area contributed by atoms with Crippen LogP contribution in [0.25, 0.3) is 0 Å². The largest absolute Gasteiger partial charge is 0.399 e. The lowest BCUT2D eigenvalue weighted by atomic mass is 10.2. The molecule has 1 rings (SSSR count). The van der Waals surface area contributed by atoms with Gasteiger partial charge in [0, 0.05) is 19.7 Å². The number of benzene rings is 1. The number of rotatable bonds is 1. The molecule has 1 amide bonds. The first kappa shape index (κ1) is 9.86. The number of hydrogen-bond donors (Lipinski definition) is 1. The fourth-order valence-corrected chi connectivity index (χ4v) is 1.20. The second-order valence-corrected chi connectivity index (χ2v) is 3.20. The number of nitrogens with two attached hydrogens (primary N) is 1. The van der Waals surface area contributed by atoms with Crippen LogP contribution in [0.1, 0.15) is 6.92 Å². The van der Waals surface area contributed by atoms with Crippen molar-refractivity contribution in [1.82, 2.24) is 0 Å². The smallest absolute Gasteiger partial charge is 0.223 e. The first-order valence-corrected chi connectivity index (χ1v) is 4.19. The molecule has 4 heteroatoms. The zero-order valence-corrected chi connectivity index (χ0v) is 8.30. The first-order valence-electron chi connectivity index (χ1n) is 3.81. The number of carbonyl (C=O) groups is 1. The maximum absolute atomic E-state index is 11.0. The topological polar surface area (TPSA) is 46.3 Å². The van der Waals surface area contributed by atoms with Gasteiger partial charge in [0.1, 0.15) is 0 Å². The van der Waals surface area contributed by atoms with Crippen molar-refractivity contribution >= 4 is 28.9 Å². The highest BCUT2D eigenvalue weighted by atomic mass is 35.5. The predicted octanol–water partition coefficient (Wildman–Crippen LogP) is 1.90. The molecule has 13 heavy (non-hydrogen) atoms. The fraction of sp³-hybridized carbons (Fsp3) is 0.222. The summed E-state index contributed by atoms with van der Waals surface area (Å²) in [4.78, 5) is 12.5. The third-order valence-electron chi connectivity index (χ3n) is 1.80. The third-order valence-corrected chi connectivity index (χ3v) is 2.12. The van der Waals surface area contributed by atoms with Crippen LogP contribution in [0.4, 0.5) is 11.4 Å². The van der Waals surface area contributed by atoms with Gasteiger partial charge in [-0.05, 0) is 18.2 Å². The molecule has 0 saturated carbocycles. The molecule has 0 saturated heterocycles. The van der Waals surface area contributed by atoms with Gasteiger partial charge in [0.2, 0.25) is 5.91 Å². The Balaban J connectivity index is 3.12. The maximum atomic E-state index is 11.0. The molecule has 0 aliphatic rings. The molecule has 2 N–H and O–H groups in total. The first-order chi connectivity index (χ1) is 6.02. The molecule has 0 radical (unpaired) electrons. The Morgan fingerprint density at radius 2 is 2.15 bits per heavy atom. The average Bonchev–Trinajstić information content (AvgIpc) is 2.08. The maximum Gasteiger partial charge on any atom is 0.223 e. The van der Waals surface area contributed by atoms with E-state index >= 15 is 0 Å². The Bertz CT molecular complexity index is 338. The van der Waals surface area contributed by atoms with Gasteiger partial charge in [0.05, 0.1) is 10.7 Å². The molecule has 3 nitrogen and oxygen atoms in total. The molecule has 0 bridgehead atoms. The quantitative estimate of drug-likeness (QED) is 0.701. The van der Waals surface area contributed by atoms with Gasteiger partial charge in [0.25, 0.3) is 0 Å². The van der Waals surface area contributed by atoms with Crippen molar-refractivity contribution in [3.05, 3.63) is 23.2 Å². The highest BCUT2D eigenvalue weighted by Gasteiger charge is 2.09. The summed E-state index contributed by atoms with van der Waals surface area (Å²) in [6.45, 7) is 1.47. The lowest BCUT2D eigenvalue weighted by Crippen LogP contribution is -2.23. The van der Waals surface area contributed by atoms with Crippen molar-refractivity contribution in [3.63, 3.8) is 0 Å². The molecule has 1 aromatic rings. The number of amides is 1. The van der Waals surface area contributed by atoms with Crippen LogP contribution in [0.3, 0.4) is 0 Å². The Morgan fingerprint density at radius 1 is 1.54 bits per heavy atom. The van der Waals surface area contributed by atoms with Crippen molar-refractivity contribution in [1.29, 1.82) is 0 Å². The van der Waals surface area contributed by atoms with E-state index in [1.54, 1.807) is 25.2 Å². The summed E-state index contributed by atoms with van der Waals surface area (Å²) in [5.41, 5.74) is 6.79. The minimum atomic E-state index is -0.0764. The van der Waals surface area contributed by atoms with Crippen LogP contribution in [-0.2, 0) is 4.79 Å². The van der Waals surface area contributed by atoms with Gasteiger partial charge in [0.15, 0.2) is 0 Å². The minimum absolute atomic E-state index is 0.0764. The van der Waals surface area contributed by atoms with Gasteiger partial charge in [-0.25, -0.2) is 0 Å². The second-order valence-electron chi connectivity index (χ2n) is 2.79. The van der Waals surface area contributed by atoms with Crippen molar-refractivity contribution < 1.29 is 4.79 Å². The van der Waals surface area contributed by atoms with Crippen LogP contribution in [-0.4, -0.2) is 13.0 Å². The molecule has 70 valence electrons. The molecule has 0 aliphatic carbocycles. The van der Waals surface area contributed by atoms with Crippen LogP contribution in [0, 0.1) is 0 Å². The van der Waals surface area contributed by atoms with E-state index < -0.39 is 0 Å². The fourth-order valence-electron chi connectivity index (χ4n) is 0.956. The molecule has 0 aromatic heterocycles. The number of halogens is 1. The Kier molecular flexibility index (Phi) is 2.78. The molecule has 1 aromatic carbocycles. The van der Waals surface area contributed by atoms with E-state index in [1.165, 1.54) is 11.8 Å². The number of anilines is 2. The Hall–Kier alpha value is -1.22. The average molecular weight is 199 g/mol. The summed E-state index contributed by atoms with van der Waals surface area (Å²) in [5, 5.41) is 0.520. The van der Waals surface area contributed by atoms with Crippen molar-refractivity contribution in [2.24, 2.45) is 0 Å². The zero-order valence-electron chi connectivity index (χ0n) is 7.54. The molecule has 0 aliphatic heterocycles. The number of nitrogen functional groups attached to an aromatic ring is 1. The third kappa shape index (κ3) is 2.12. The normalized spacial score (nSPS) is 9.77. The van der Waals surface area contributed by atoms with Gasteiger partial charge in [-0.1, -0.05) is 11.6 Å². The lowest BCUT2D eigenvalue weighted by molar-refractivity contribution is -0.116. The highest BCUT2D eigenvalue weighted by molar-refractivity contribution is 6.33. The van der Waals surface area contributed by atoms with Gasteiger partial charge in [-0.2, -0.15) is 0 Å². The molecule has 0 fully saturated rings. The summed E-state index contributed by atoms with van der Waals surface area (Å²) in [6, 6.07) is 5.04. The standard InChI is InChI=1S/C9H11ClN2O/c1-6(13)12(2)9-5-7(11)3-4-8(9)10/h3-5H,11H2,1-2H3. The van der Waals surface area contributed by atoms with Gasteiger partial charge in [-0.3, -0.25) is 4.79 Å². The molecular formula is C9H11ClN2O. The van der Waals surface area contributed by atoms with Gasteiger partial charge in [-0.15, -0.1) is 0 Å². The van der Waals surface area contributed by atoms with E-state index in [0.717, 1.165) is 0 Å². The Morgan fingerprint density at radius 3 is 2.69 bits per heavy atom. The molecule has 0 heterocycles. The molecule has 0 atom stereocenters. The Labute approximate surface area is 82.1 Å². The van der Waals surface area contributed by atoms with Gasteiger partial charge >= 0.3 is 0 Å². The van der Waals surface area contributed by atoms with Crippen LogP contribution in [0.2, 0.25) is 5.02 Å². The van der Waals surface area contributed by atoms with Crippen LogP contribution in [0.5, 0.6) is 0 Å². The SMILES string of the molecule is CC(=O)N(C)c1cc(N)ccc1Cl. The summed E-state index contributed by atoms with van der Waals surface area (Å²) in [6.07, 6.45) is 0. The van der Waals surface area contributed by atoms with E-state index in [9.17, 15) is 4.79 Å². The molecule has 0 spiro atoms. The molecular weight excluding hydrogens is 188 g/mol. The summed E-state index contributed by atoms with van der Waals surface area (Å²) >= 11 is 5.89. The minimum Gasteiger partial charge on any atom is -0.399 e. The van der Waals surface area contributed by atoms with E-state index in [2.05, 4.69) is 0 Å². The second kappa shape index (κ2) is 3.66. The van der Waals surface area contributed by atoms with E-state index in [4.69, 9.17) is 17.3 Å². The van der Waals surface area contributed by atoms with E-state index in [-0.39, 0.29) is 5.91 Å². The van der Waals surface area contributed by atoms with Crippen molar-refractivity contribution in [3.8, 4) is 0 Å². The van der Waals surface area contributed by atoms with Crippen LogP contribution >= 0.6 is 11.6 Å². The van der Waals surface area contributed by atoms with Gasteiger partial charge < -0.3 is 10.6 Å². The monoisotopic (exact) mass is 198 g/mol. The highest BCUT2D eigenvalue weighted by Crippen LogP contribution is 2.26. The van der Waals surface area contributed by atoms with E-state index in [0.29, 0.717) is 16.4 Å². The van der Waals surface area contributed by atoms with Crippen LogP contribution in [0.15, 0.2) is 18.2 Å². The van der Waals surface area contributed by atoms with Crippen molar-refractivity contribution in [2.75, 3.05) is 17.7 Å². The summed E-state index contributed by atoms with van der Waals surface area (Å²) < 4.78 is 0. The molecule has 0 unspecified atom stereocenters. The predicted molar refractivity (Wildman–Crippen MR) is 54.9 cm³/mol. The summed E-state index contributed by atoms with van der Waals surface area (Å²) in [7, 11) is 1.66. The van der Waals surface area contributed by atoms with Crippen molar-refractivity contribution in [2.45, 2.75) is 6.92 Å². The number of carbonyl (C=O) groups excluding carboxylic acids is 1. The van der Waals surface area contributed by atoms with Crippen LogP contribution < -0.4 is 10.6 Å². The lowest BCUT2D eigenvalue weighted by Gasteiger charge is -2.16.